The fourth-order valence-corrected chi connectivity index (χ4v) is 4.91. The molecule has 1 aromatic rings. The molecule has 0 N–H and O–H groups in total. The van der Waals surface area contributed by atoms with Crippen LogP contribution in [-0.4, -0.2) is 70.0 Å². The van der Waals surface area contributed by atoms with Crippen molar-refractivity contribution in [3.8, 4) is 5.75 Å². The molecule has 148 valence electrons. The Morgan fingerprint density at radius 2 is 1.81 bits per heavy atom. The number of benzene rings is 1. The van der Waals surface area contributed by atoms with Gasteiger partial charge in [-0.2, -0.15) is 4.31 Å². The average molecular weight is 394 g/mol. The van der Waals surface area contributed by atoms with Crippen molar-refractivity contribution in [3.63, 3.8) is 0 Å². The first-order valence-electron chi connectivity index (χ1n) is 9.25. The number of carbonyl (C=O) groups excluding carboxylic acids is 1. The second kappa shape index (κ2) is 8.86. The van der Waals surface area contributed by atoms with E-state index in [1.807, 2.05) is 4.90 Å². The smallest absolute Gasteiger partial charge is 0.246 e. The van der Waals surface area contributed by atoms with E-state index in [-0.39, 0.29) is 10.8 Å². The number of nitrogens with zero attached hydrogens (tertiary/aromatic N) is 2. The lowest BCUT2D eigenvalue weighted by Gasteiger charge is -2.26. The number of piperidine rings is 1. The molecule has 0 saturated carbocycles. The van der Waals surface area contributed by atoms with Gasteiger partial charge >= 0.3 is 0 Å². The lowest BCUT2D eigenvalue weighted by Crippen LogP contribution is -2.40. The van der Waals surface area contributed by atoms with Gasteiger partial charge in [-0.15, -0.1) is 0 Å². The molecule has 0 spiro atoms. The number of rotatable bonds is 5. The van der Waals surface area contributed by atoms with Gasteiger partial charge in [-0.25, -0.2) is 8.42 Å². The first-order valence-corrected chi connectivity index (χ1v) is 10.7. The minimum atomic E-state index is -3.69. The number of likely N-dealkylation sites (tertiary alicyclic amines) is 1. The summed E-state index contributed by atoms with van der Waals surface area (Å²) in [5.74, 6) is 0.254. The average Bonchev–Trinajstić information content (AvgIpc) is 2.73. The van der Waals surface area contributed by atoms with Gasteiger partial charge in [-0.05, 0) is 43.0 Å². The van der Waals surface area contributed by atoms with Gasteiger partial charge in [0.05, 0.1) is 20.3 Å². The lowest BCUT2D eigenvalue weighted by atomic mass is 10.1. The zero-order valence-corrected chi connectivity index (χ0v) is 16.4. The number of hydrogen-bond donors (Lipinski definition) is 0. The maximum Gasteiger partial charge on any atom is 0.246 e. The molecule has 0 bridgehead atoms. The van der Waals surface area contributed by atoms with Crippen molar-refractivity contribution < 1.29 is 22.7 Å². The highest BCUT2D eigenvalue weighted by Gasteiger charge is 2.29. The summed E-state index contributed by atoms with van der Waals surface area (Å²) in [7, 11) is -2.24. The molecule has 0 aliphatic carbocycles. The summed E-state index contributed by atoms with van der Waals surface area (Å²) in [5, 5.41) is 0. The van der Waals surface area contributed by atoms with Crippen molar-refractivity contribution in [1.29, 1.82) is 0 Å². The Balaban J connectivity index is 1.82. The summed E-state index contributed by atoms with van der Waals surface area (Å²) in [6.45, 7) is 2.96. The maximum atomic E-state index is 13.0. The Labute approximate surface area is 160 Å². The van der Waals surface area contributed by atoms with E-state index in [0.717, 1.165) is 32.4 Å². The van der Waals surface area contributed by atoms with Gasteiger partial charge in [0, 0.05) is 32.3 Å². The zero-order chi connectivity index (χ0) is 19.3. The van der Waals surface area contributed by atoms with Crippen LogP contribution in [0.1, 0.15) is 24.8 Å². The van der Waals surface area contributed by atoms with E-state index in [1.54, 1.807) is 24.3 Å². The molecular formula is C19H26N2O5S. The summed E-state index contributed by atoms with van der Waals surface area (Å²) in [5.41, 5.74) is 0.646. The van der Waals surface area contributed by atoms with E-state index in [0.29, 0.717) is 37.6 Å². The van der Waals surface area contributed by atoms with Gasteiger partial charge in [-0.1, -0.05) is 6.07 Å². The molecule has 2 heterocycles. The van der Waals surface area contributed by atoms with Crippen LogP contribution in [0.15, 0.2) is 29.2 Å². The minimum absolute atomic E-state index is 0.0388. The number of hydrogen-bond acceptors (Lipinski definition) is 5. The van der Waals surface area contributed by atoms with E-state index >= 15 is 0 Å². The van der Waals surface area contributed by atoms with Crippen LogP contribution in [-0.2, 0) is 19.6 Å². The van der Waals surface area contributed by atoms with Crippen LogP contribution in [0.5, 0.6) is 5.75 Å². The summed E-state index contributed by atoms with van der Waals surface area (Å²) < 4.78 is 37.9. The third-order valence-electron chi connectivity index (χ3n) is 4.86. The third-order valence-corrected chi connectivity index (χ3v) is 6.78. The zero-order valence-electron chi connectivity index (χ0n) is 15.6. The van der Waals surface area contributed by atoms with Crippen LogP contribution < -0.4 is 4.74 Å². The summed E-state index contributed by atoms with van der Waals surface area (Å²) in [6.07, 6.45) is 6.40. The first kappa shape index (κ1) is 19.9. The molecule has 27 heavy (non-hydrogen) atoms. The van der Waals surface area contributed by atoms with Crippen LogP contribution in [0.4, 0.5) is 0 Å². The predicted octanol–water partition coefficient (Wildman–Crippen LogP) is 1.74. The van der Waals surface area contributed by atoms with Crippen molar-refractivity contribution in [2.75, 3.05) is 46.5 Å². The number of carbonyl (C=O) groups is 1. The standard InChI is InChI=1S/C19H26N2O5S/c1-25-17-7-5-16(6-8-19(22)20-9-3-2-4-10-20)15-18(17)27(23,24)21-11-13-26-14-12-21/h5-8,15H,2-4,9-14H2,1H3/b8-6-. The molecule has 2 fully saturated rings. The van der Waals surface area contributed by atoms with Gasteiger partial charge < -0.3 is 14.4 Å². The highest BCUT2D eigenvalue weighted by atomic mass is 32.2. The molecule has 2 aliphatic heterocycles. The molecule has 0 unspecified atom stereocenters. The highest BCUT2D eigenvalue weighted by Crippen LogP contribution is 2.29. The normalized spacial score (nSPS) is 19.4. The van der Waals surface area contributed by atoms with Crippen molar-refractivity contribution in [3.05, 3.63) is 29.8 Å². The number of methoxy groups -OCH3 is 1. The van der Waals surface area contributed by atoms with Crippen molar-refractivity contribution in [2.45, 2.75) is 24.2 Å². The number of amides is 1. The molecule has 0 radical (unpaired) electrons. The van der Waals surface area contributed by atoms with Crippen molar-refractivity contribution in [2.24, 2.45) is 0 Å². The molecule has 8 heteroatoms. The minimum Gasteiger partial charge on any atom is -0.495 e. The summed E-state index contributed by atoms with van der Waals surface area (Å²) in [4.78, 5) is 14.2. The second-order valence-electron chi connectivity index (χ2n) is 6.65. The molecular weight excluding hydrogens is 368 g/mol. The summed E-state index contributed by atoms with van der Waals surface area (Å²) in [6, 6.07) is 4.93. The van der Waals surface area contributed by atoms with E-state index in [4.69, 9.17) is 9.47 Å². The SMILES string of the molecule is COc1ccc(/C=C\C(=O)N2CCCCC2)cc1S(=O)(=O)N1CCOCC1. The van der Waals surface area contributed by atoms with E-state index in [1.165, 1.54) is 17.5 Å². The Bertz CT molecular complexity index is 794. The fourth-order valence-electron chi connectivity index (χ4n) is 3.31. The van der Waals surface area contributed by atoms with Crippen LogP contribution in [0.25, 0.3) is 6.08 Å². The molecule has 7 nitrogen and oxygen atoms in total. The van der Waals surface area contributed by atoms with Gasteiger partial charge in [0.25, 0.3) is 0 Å². The largest absolute Gasteiger partial charge is 0.495 e. The Morgan fingerprint density at radius 1 is 1.11 bits per heavy atom. The number of ether oxygens (including phenoxy) is 2. The lowest BCUT2D eigenvalue weighted by molar-refractivity contribution is -0.126. The molecule has 1 amide bonds. The molecule has 1 aromatic carbocycles. The van der Waals surface area contributed by atoms with Crippen molar-refractivity contribution >= 4 is 22.0 Å². The van der Waals surface area contributed by atoms with Gasteiger partial charge in [-0.3, -0.25) is 4.79 Å². The summed E-state index contributed by atoms with van der Waals surface area (Å²) >= 11 is 0. The van der Waals surface area contributed by atoms with E-state index in [9.17, 15) is 13.2 Å². The molecule has 2 saturated heterocycles. The van der Waals surface area contributed by atoms with E-state index in [2.05, 4.69) is 0 Å². The van der Waals surface area contributed by atoms with Crippen LogP contribution in [0.2, 0.25) is 0 Å². The monoisotopic (exact) mass is 394 g/mol. The Kier molecular flexibility index (Phi) is 6.51. The van der Waals surface area contributed by atoms with E-state index < -0.39 is 10.0 Å². The van der Waals surface area contributed by atoms with Crippen molar-refractivity contribution in [1.82, 2.24) is 9.21 Å². The molecule has 2 aliphatic rings. The second-order valence-corrected chi connectivity index (χ2v) is 8.55. The maximum absolute atomic E-state index is 13.0. The van der Waals surface area contributed by atoms with Crippen LogP contribution in [0.3, 0.4) is 0 Å². The van der Waals surface area contributed by atoms with Gasteiger partial charge in [0.1, 0.15) is 10.6 Å². The Morgan fingerprint density at radius 3 is 2.48 bits per heavy atom. The quantitative estimate of drug-likeness (QED) is 0.711. The Hall–Kier alpha value is -1.90. The number of sulfonamides is 1. The molecule has 3 rings (SSSR count). The first-order chi connectivity index (χ1) is 13.0. The van der Waals surface area contributed by atoms with Gasteiger partial charge in [0.2, 0.25) is 15.9 Å². The fraction of sp³-hybridized carbons (Fsp3) is 0.526. The van der Waals surface area contributed by atoms with Crippen LogP contribution >= 0.6 is 0 Å². The number of morpholine rings is 1. The topological polar surface area (TPSA) is 76.2 Å². The molecule has 0 aromatic heterocycles. The predicted molar refractivity (Wildman–Crippen MR) is 102 cm³/mol. The van der Waals surface area contributed by atoms with Gasteiger partial charge in [0.15, 0.2) is 0 Å². The third kappa shape index (κ3) is 4.69. The molecule has 0 atom stereocenters. The highest BCUT2D eigenvalue weighted by molar-refractivity contribution is 7.89. The van der Waals surface area contributed by atoms with Crippen LogP contribution in [0, 0.1) is 0 Å².